The first-order chi connectivity index (χ1) is 6.06. The molecule has 0 radical (unpaired) electrons. The first-order valence-electron chi connectivity index (χ1n) is 5.14. The van der Waals surface area contributed by atoms with Gasteiger partial charge < -0.3 is 10.2 Å². The summed E-state index contributed by atoms with van der Waals surface area (Å²) in [7, 11) is 0. The van der Waals surface area contributed by atoms with Crippen molar-refractivity contribution in [1.82, 2.24) is 4.90 Å². The molecule has 0 aromatic rings. The number of unbranched alkanes of at least 4 members (excludes halogenated alkanes) is 1. The quantitative estimate of drug-likeness (QED) is 0.624. The number of nitrogens with zero attached hydrogens (tertiary/aromatic N) is 1. The van der Waals surface area contributed by atoms with Gasteiger partial charge in [-0.2, -0.15) is 0 Å². The number of rotatable bonds is 7. The fourth-order valence-corrected chi connectivity index (χ4v) is 1.39. The first-order valence-corrected chi connectivity index (χ1v) is 5.14. The number of hydrogen-bond donors (Lipinski definition) is 2. The van der Waals surface area contributed by atoms with E-state index in [0.717, 1.165) is 19.4 Å². The number of hydrogen-bond acceptors (Lipinski definition) is 3. The lowest BCUT2D eigenvalue weighted by Gasteiger charge is -2.24. The van der Waals surface area contributed by atoms with Gasteiger partial charge in [0.25, 0.3) is 0 Å². The summed E-state index contributed by atoms with van der Waals surface area (Å²) in [5.74, 6) is 0. The second-order valence-corrected chi connectivity index (χ2v) is 3.81. The fourth-order valence-electron chi connectivity index (χ4n) is 1.39. The van der Waals surface area contributed by atoms with Gasteiger partial charge in [-0.25, -0.2) is 0 Å². The highest BCUT2D eigenvalue weighted by atomic mass is 16.3. The number of aliphatic hydroxyl groups is 2. The van der Waals surface area contributed by atoms with Crippen molar-refractivity contribution in [3.8, 4) is 0 Å². The first kappa shape index (κ1) is 12.9. The van der Waals surface area contributed by atoms with Crippen LogP contribution in [0.4, 0.5) is 0 Å². The van der Waals surface area contributed by atoms with Gasteiger partial charge in [-0.1, -0.05) is 13.3 Å². The van der Waals surface area contributed by atoms with Crippen LogP contribution in [0.2, 0.25) is 0 Å². The van der Waals surface area contributed by atoms with Crippen LogP contribution in [-0.2, 0) is 0 Å². The van der Waals surface area contributed by atoms with E-state index in [1.54, 1.807) is 13.8 Å². The van der Waals surface area contributed by atoms with E-state index in [4.69, 9.17) is 0 Å². The Hall–Kier alpha value is -0.120. The smallest absolute Gasteiger partial charge is 0.0639 e. The second-order valence-electron chi connectivity index (χ2n) is 3.81. The van der Waals surface area contributed by atoms with Gasteiger partial charge in [0.05, 0.1) is 12.2 Å². The number of aliphatic hydroxyl groups excluding tert-OH is 2. The van der Waals surface area contributed by atoms with Crippen LogP contribution in [0.5, 0.6) is 0 Å². The van der Waals surface area contributed by atoms with Gasteiger partial charge in [-0.05, 0) is 26.8 Å². The van der Waals surface area contributed by atoms with Crippen LogP contribution in [-0.4, -0.2) is 47.0 Å². The standard InChI is InChI=1S/C10H23NO2/c1-4-5-6-11(7-9(2)12)8-10(3)13/h9-10,12-13H,4-8H2,1-3H3/t9-,10+. The normalized spacial score (nSPS) is 16.2. The summed E-state index contributed by atoms with van der Waals surface area (Å²) in [6, 6.07) is 0. The third-order valence-corrected chi connectivity index (χ3v) is 1.87. The molecule has 0 heterocycles. The van der Waals surface area contributed by atoms with Gasteiger partial charge in [0, 0.05) is 13.1 Å². The Kier molecular flexibility index (Phi) is 7.23. The minimum absolute atomic E-state index is 0.310. The second kappa shape index (κ2) is 7.30. The zero-order valence-electron chi connectivity index (χ0n) is 9.03. The Labute approximate surface area is 81.4 Å². The fraction of sp³-hybridized carbons (Fsp3) is 1.00. The van der Waals surface area contributed by atoms with Gasteiger partial charge in [0.1, 0.15) is 0 Å². The van der Waals surface area contributed by atoms with Crippen molar-refractivity contribution in [3.63, 3.8) is 0 Å². The van der Waals surface area contributed by atoms with E-state index in [1.165, 1.54) is 0 Å². The molecule has 0 spiro atoms. The van der Waals surface area contributed by atoms with Crippen molar-refractivity contribution in [2.24, 2.45) is 0 Å². The van der Waals surface area contributed by atoms with Gasteiger partial charge in [-0.3, -0.25) is 4.90 Å². The molecule has 80 valence electrons. The van der Waals surface area contributed by atoms with Gasteiger partial charge >= 0.3 is 0 Å². The Balaban J connectivity index is 3.73. The summed E-state index contributed by atoms with van der Waals surface area (Å²) in [5.41, 5.74) is 0. The Morgan fingerprint density at radius 3 is 1.85 bits per heavy atom. The van der Waals surface area contributed by atoms with Crippen LogP contribution >= 0.6 is 0 Å². The molecule has 0 unspecified atom stereocenters. The molecule has 2 atom stereocenters. The summed E-state index contributed by atoms with van der Waals surface area (Å²) >= 11 is 0. The largest absolute Gasteiger partial charge is 0.392 e. The van der Waals surface area contributed by atoms with Crippen LogP contribution in [0, 0.1) is 0 Å². The third-order valence-electron chi connectivity index (χ3n) is 1.87. The lowest BCUT2D eigenvalue weighted by molar-refractivity contribution is 0.0828. The maximum atomic E-state index is 9.21. The molecule has 0 saturated heterocycles. The third kappa shape index (κ3) is 8.22. The zero-order valence-corrected chi connectivity index (χ0v) is 9.03. The van der Waals surface area contributed by atoms with Crippen LogP contribution in [0.15, 0.2) is 0 Å². The van der Waals surface area contributed by atoms with E-state index in [1.807, 2.05) is 0 Å². The maximum absolute atomic E-state index is 9.21. The van der Waals surface area contributed by atoms with E-state index in [2.05, 4.69) is 11.8 Å². The lowest BCUT2D eigenvalue weighted by atomic mass is 10.2. The molecule has 2 N–H and O–H groups in total. The minimum atomic E-state index is -0.310. The van der Waals surface area contributed by atoms with Crippen LogP contribution < -0.4 is 0 Å². The topological polar surface area (TPSA) is 43.7 Å². The molecule has 0 amide bonds. The zero-order chi connectivity index (χ0) is 10.3. The van der Waals surface area contributed by atoms with Crippen LogP contribution in [0.1, 0.15) is 33.6 Å². The molecule has 0 aromatic heterocycles. The highest BCUT2D eigenvalue weighted by Gasteiger charge is 2.09. The van der Waals surface area contributed by atoms with Crippen molar-refractivity contribution >= 4 is 0 Å². The maximum Gasteiger partial charge on any atom is 0.0639 e. The molecule has 0 aliphatic rings. The summed E-state index contributed by atoms with van der Waals surface area (Å²) in [4.78, 5) is 2.11. The SMILES string of the molecule is CCCCN(C[C@H](C)O)C[C@@H](C)O. The lowest BCUT2D eigenvalue weighted by Crippen LogP contribution is -2.36. The van der Waals surface area contributed by atoms with Crippen LogP contribution in [0.3, 0.4) is 0 Å². The molecule has 0 rings (SSSR count). The van der Waals surface area contributed by atoms with Crippen molar-refractivity contribution in [2.45, 2.75) is 45.8 Å². The van der Waals surface area contributed by atoms with Crippen molar-refractivity contribution < 1.29 is 10.2 Å². The summed E-state index contributed by atoms with van der Waals surface area (Å²) in [6.07, 6.45) is 1.65. The van der Waals surface area contributed by atoms with Gasteiger partial charge in [0.2, 0.25) is 0 Å². The Bertz CT molecular complexity index is 105. The molecule has 0 bridgehead atoms. The Morgan fingerprint density at radius 1 is 1.08 bits per heavy atom. The molecule has 3 nitrogen and oxygen atoms in total. The van der Waals surface area contributed by atoms with E-state index in [-0.39, 0.29) is 12.2 Å². The molecule has 0 aliphatic carbocycles. The summed E-state index contributed by atoms with van der Waals surface area (Å²) in [5, 5.41) is 18.4. The highest BCUT2D eigenvalue weighted by molar-refractivity contribution is 4.64. The predicted octanol–water partition coefficient (Wildman–Crippen LogP) is 0.850. The van der Waals surface area contributed by atoms with E-state index >= 15 is 0 Å². The van der Waals surface area contributed by atoms with Crippen molar-refractivity contribution in [2.75, 3.05) is 19.6 Å². The monoisotopic (exact) mass is 189 g/mol. The van der Waals surface area contributed by atoms with E-state index in [9.17, 15) is 10.2 Å². The summed E-state index contributed by atoms with van der Waals surface area (Å²) < 4.78 is 0. The van der Waals surface area contributed by atoms with Crippen molar-refractivity contribution in [1.29, 1.82) is 0 Å². The molecular formula is C10H23NO2. The molecule has 0 fully saturated rings. The minimum Gasteiger partial charge on any atom is -0.392 e. The molecular weight excluding hydrogens is 166 g/mol. The molecule has 0 aliphatic heterocycles. The molecule has 13 heavy (non-hydrogen) atoms. The van der Waals surface area contributed by atoms with Crippen molar-refractivity contribution in [3.05, 3.63) is 0 Å². The summed E-state index contributed by atoms with van der Waals surface area (Å²) in [6.45, 7) is 7.98. The average molecular weight is 189 g/mol. The highest BCUT2D eigenvalue weighted by Crippen LogP contribution is 1.99. The van der Waals surface area contributed by atoms with E-state index < -0.39 is 0 Å². The molecule has 0 aromatic carbocycles. The van der Waals surface area contributed by atoms with Gasteiger partial charge in [0.15, 0.2) is 0 Å². The average Bonchev–Trinajstić information content (AvgIpc) is 1.98. The van der Waals surface area contributed by atoms with E-state index in [0.29, 0.717) is 13.1 Å². The Morgan fingerprint density at radius 2 is 1.54 bits per heavy atom. The molecule has 0 saturated carbocycles. The van der Waals surface area contributed by atoms with Crippen LogP contribution in [0.25, 0.3) is 0 Å². The molecule has 3 heteroatoms. The predicted molar refractivity (Wildman–Crippen MR) is 54.7 cm³/mol. The van der Waals surface area contributed by atoms with Gasteiger partial charge in [-0.15, -0.1) is 0 Å².